The van der Waals surface area contributed by atoms with Crippen molar-refractivity contribution < 1.29 is 19.0 Å². The van der Waals surface area contributed by atoms with Gasteiger partial charge in [0.05, 0.1) is 14.2 Å². The van der Waals surface area contributed by atoms with Gasteiger partial charge >= 0.3 is 0 Å². The lowest BCUT2D eigenvalue weighted by atomic mass is 10.1. The van der Waals surface area contributed by atoms with E-state index in [0.717, 1.165) is 11.4 Å². The summed E-state index contributed by atoms with van der Waals surface area (Å²) in [5.41, 5.74) is 1.40. The summed E-state index contributed by atoms with van der Waals surface area (Å²) in [6, 6.07) is 12.5. The van der Waals surface area contributed by atoms with Gasteiger partial charge in [-0.2, -0.15) is 0 Å². The molecule has 0 saturated heterocycles. The number of nitrogens with zero attached hydrogens (tertiary/aromatic N) is 2. The second kappa shape index (κ2) is 8.90. The van der Waals surface area contributed by atoms with E-state index in [4.69, 9.17) is 14.2 Å². The van der Waals surface area contributed by atoms with Crippen LogP contribution in [0.3, 0.4) is 0 Å². The Morgan fingerprint density at radius 1 is 1.04 bits per heavy atom. The van der Waals surface area contributed by atoms with Gasteiger partial charge in [-0.1, -0.05) is 6.08 Å². The zero-order valence-corrected chi connectivity index (χ0v) is 16.1. The molecule has 28 heavy (non-hydrogen) atoms. The summed E-state index contributed by atoms with van der Waals surface area (Å²) in [5, 5.41) is 0. The van der Waals surface area contributed by atoms with Crippen molar-refractivity contribution in [3.05, 3.63) is 77.9 Å². The molecule has 144 valence electrons. The van der Waals surface area contributed by atoms with Gasteiger partial charge in [-0.3, -0.25) is 4.79 Å². The Bertz CT molecular complexity index is 952. The number of aryl methyl sites for hydroxylation is 1. The van der Waals surface area contributed by atoms with Gasteiger partial charge in [-0.25, -0.2) is 4.98 Å². The molecule has 0 radical (unpaired) electrons. The summed E-state index contributed by atoms with van der Waals surface area (Å²) in [6.45, 7) is 0.369. The maximum absolute atomic E-state index is 12.4. The first-order valence-electron chi connectivity index (χ1n) is 8.73. The number of carbonyl (C=O) groups is 1. The molecule has 3 aromatic rings. The highest BCUT2D eigenvalue weighted by Gasteiger charge is 2.05. The Morgan fingerprint density at radius 2 is 1.71 bits per heavy atom. The summed E-state index contributed by atoms with van der Waals surface area (Å²) >= 11 is 0. The average Bonchev–Trinajstić information content (AvgIpc) is 3.15. The highest BCUT2D eigenvalue weighted by molar-refractivity contribution is 6.06. The smallest absolute Gasteiger partial charge is 0.185 e. The molecule has 0 amide bonds. The van der Waals surface area contributed by atoms with E-state index in [1.807, 2.05) is 29.9 Å². The monoisotopic (exact) mass is 378 g/mol. The number of ether oxygens (including phenoxy) is 3. The van der Waals surface area contributed by atoms with Gasteiger partial charge in [0.2, 0.25) is 0 Å². The number of allylic oxidation sites excluding steroid dienone is 1. The predicted molar refractivity (Wildman–Crippen MR) is 107 cm³/mol. The van der Waals surface area contributed by atoms with Crippen molar-refractivity contribution in [2.45, 2.75) is 6.61 Å². The van der Waals surface area contributed by atoms with Crippen molar-refractivity contribution >= 4 is 11.9 Å². The van der Waals surface area contributed by atoms with Crippen LogP contribution in [0.4, 0.5) is 0 Å². The van der Waals surface area contributed by atoms with Gasteiger partial charge in [0.15, 0.2) is 5.78 Å². The van der Waals surface area contributed by atoms with Crippen LogP contribution in [0.2, 0.25) is 0 Å². The van der Waals surface area contributed by atoms with Crippen LogP contribution in [0.1, 0.15) is 21.7 Å². The third kappa shape index (κ3) is 4.79. The minimum absolute atomic E-state index is 0.0996. The SMILES string of the molecule is COc1cc(/C=C/C(=O)c2ccc(OCc3nccn3C)cc2)cc(OC)c1. The Balaban J connectivity index is 1.64. The number of hydrogen-bond acceptors (Lipinski definition) is 5. The first kappa shape index (κ1) is 19.2. The summed E-state index contributed by atoms with van der Waals surface area (Å²) < 4.78 is 18.1. The molecular weight excluding hydrogens is 356 g/mol. The third-order valence-corrected chi connectivity index (χ3v) is 4.23. The van der Waals surface area contributed by atoms with E-state index < -0.39 is 0 Å². The Labute approximate surface area is 164 Å². The van der Waals surface area contributed by atoms with Crippen LogP contribution in [0.15, 0.2) is 60.9 Å². The number of rotatable bonds is 8. The molecule has 1 heterocycles. The maximum atomic E-state index is 12.4. The fraction of sp³-hybridized carbons (Fsp3) is 0.182. The molecule has 0 fully saturated rings. The van der Waals surface area contributed by atoms with Crippen LogP contribution in [-0.4, -0.2) is 29.6 Å². The largest absolute Gasteiger partial charge is 0.497 e. The Kier molecular flexibility index (Phi) is 6.11. The van der Waals surface area contributed by atoms with Crippen LogP contribution in [-0.2, 0) is 13.7 Å². The zero-order chi connectivity index (χ0) is 19.9. The first-order chi connectivity index (χ1) is 13.6. The average molecular weight is 378 g/mol. The summed E-state index contributed by atoms with van der Waals surface area (Å²) in [7, 11) is 5.09. The van der Waals surface area contributed by atoms with Crippen LogP contribution < -0.4 is 14.2 Å². The minimum Gasteiger partial charge on any atom is -0.497 e. The molecule has 2 aromatic carbocycles. The fourth-order valence-electron chi connectivity index (χ4n) is 2.59. The van der Waals surface area contributed by atoms with Gasteiger partial charge < -0.3 is 18.8 Å². The van der Waals surface area contributed by atoms with E-state index >= 15 is 0 Å². The van der Waals surface area contributed by atoms with Crippen LogP contribution in [0, 0.1) is 0 Å². The standard InChI is InChI=1S/C22H22N2O4/c1-24-11-10-23-22(24)15-28-18-7-5-17(6-8-18)21(25)9-4-16-12-19(26-2)14-20(13-16)27-3/h4-14H,15H2,1-3H3/b9-4+. The lowest BCUT2D eigenvalue weighted by molar-refractivity contribution is 0.104. The fourth-order valence-corrected chi connectivity index (χ4v) is 2.59. The van der Waals surface area contributed by atoms with Crippen molar-refractivity contribution in [3.63, 3.8) is 0 Å². The quantitative estimate of drug-likeness (QED) is 0.439. The van der Waals surface area contributed by atoms with Crippen molar-refractivity contribution in [1.82, 2.24) is 9.55 Å². The molecule has 3 rings (SSSR count). The van der Waals surface area contributed by atoms with Crippen molar-refractivity contribution in [2.24, 2.45) is 7.05 Å². The van der Waals surface area contributed by atoms with E-state index in [2.05, 4.69) is 4.98 Å². The van der Waals surface area contributed by atoms with Gasteiger partial charge in [0, 0.05) is 31.1 Å². The van der Waals surface area contributed by atoms with Gasteiger partial charge in [0.1, 0.15) is 29.7 Å². The second-order valence-corrected chi connectivity index (χ2v) is 6.11. The third-order valence-electron chi connectivity index (χ3n) is 4.23. The molecule has 0 aliphatic rings. The second-order valence-electron chi connectivity index (χ2n) is 6.11. The minimum atomic E-state index is -0.0996. The van der Waals surface area contributed by atoms with Crippen LogP contribution in [0.5, 0.6) is 17.2 Å². The number of ketones is 1. The lowest BCUT2D eigenvalue weighted by Gasteiger charge is -2.07. The predicted octanol–water partition coefficient (Wildman–Crippen LogP) is 3.91. The topological polar surface area (TPSA) is 62.6 Å². The number of benzene rings is 2. The summed E-state index contributed by atoms with van der Waals surface area (Å²) in [4.78, 5) is 16.6. The number of hydrogen-bond donors (Lipinski definition) is 0. The molecule has 0 saturated carbocycles. The molecule has 0 unspecified atom stereocenters. The van der Waals surface area contributed by atoms with Gasteiger partial charge in [-0.15, -0.1) is 0 Å². The maximum Gasteiger partial charge on any atom is 0.185 e. The number of aromatic nitrogens is 2. The van der Waals surface area contributed by atoms with Gasteiger partial charge in [0.25, 0.3) is 0 Å². The lowest BCUT2D eigenvalue weighted by Crippen LogP contribution is -2.03. The highest BCUT2D eigenvalue weighted by Crippen LogP contribution is 2.23. The molecule has 0 spiro atoms. The van der Waals surface area contributed by atoms with E-state index in [9.17, 15) is 4.79 Å². The summed E-state index contributed by atoms with van der Waals surface area (Å²) in [6.07, 6.45) is 6.85. The first-order valence-corrected chi connectivity index (χ1v) is 8.73. The van der Waals surface area contributed by atoms with Crippen LogP contribution in [0.25, 0.3) is 6.08 Å². The van der Waals surface area contributed by atoms with E-state index in [0.29, 0.717) is 29.4 Å². The zero-order valence-electron chi connectivity index (χ0n) is 16.1. The summed E-state index contributed by atoms with van der Waals surface area (Å²) in [5.74, 6) is 2.75. The number of carbonyl (C=O) groups excluding carboxylic acids is 1. The normalized spacial score (nSPS) is 10.8. The molecule has 0 atom stereocenters. The molecule has 0 bridgehead atoms. The van der Waals surface area contributed by atoms with Crippen molar-refractivity contribution in [3.8, 4) is 17.2 Å². The molecule has 0 aliphatic heterocycles. The molecule has 6 nitrogen and oxygen atoms in total. The Hall–Kier alpha value is -3.54. The molecule has 6 heteroatoms. The van der Waals surface area contributed by atoms with Crippen LogP contribution >= 0.6 is 0 Å². The number of methoxy groups -OCH3 is 2. The van der Waals surface area contributed by atoms with Crippen molar-refractivity contribution in [1.29, 1.82) is 0 Å². The van der Waals surface area contributed by atoms with E-state index in [-0.39, 0.29) is 5.78 Å². The Morgan fingerprint density at radius 3 is 2.29 bits per heavy atom. The highest BCUT2D eigenvalue weighted by atomic mass is 16.5. The van der Waals surface area contributed by atoms with Crippen molar-refractivity contribution in [2.75, 3.05) is 14.2 Å². The molecule has 1 aromatic heterocycles. The van der Waals surface area contributed by atoms with E-state index in [1.165, 1.54) is 6.08 Å². The van der Waals surface area contributed by atoms with Gasteiger partial charge in [-0.05, 0) is 48.0 Å². The molecular formula is C22H22N2O4. The molecule has 0 aliphatic carbocycles. The molecule has 0 N–H and O–H groups in total. The number of imidazole rings is 1. The van der Waals surface area contributed by atoms with E-state index in [1.54, 1.807) is 56.8 Å².